The number of unbranched alkanes of at least 4 members (excludes halogenated alkanes) is 2. The highest BCUT2D eigenvalue weighted by Gasteiger charge is 2.45. The maximum Gasteiger partial charge on any atom is 0.416 e. The van der Waals surface area contributed by atoms with Gasteiger partial charge in [0, 0.05) is 57.5 Å². The zero-order valence-electron chi connectivity index (χ0n) is 44.2. The van der Waals surface area contributed by atoms with Crippen molar-refractivity contribution in [2.45, 2.75) is 95.2 Å². The average molecular weight is 1030 g/mol. The number of nitrogens with one attached hydrogen (secondary N) is 1. The third kappa shape index (κ3) is 9.53. The zero-order chi connectivity index (χ0) is 52.9. The molecule has 1 saturated heterocycles. The van der Waals surface area contributed by atoms with E-state index in [0.29, 0.717) is 46.9 Å². The van der Waals surface area contributed by atoms with E-state index in [0.717, 1.165) is 85.9 Å². The van der Waals surface area contributed by atoms with Gasteiger partial charge in [-0.15, -0.1) is 0 Å². The first-order valence-electron chi connectivity index (χ1n) is 27.7. The molecule has 5 nitrogen and oxygen atoms in total. The number of rotatable bonds is 12. The van der Waals surface area contributed by atoms with Crippen molar-refractivity contribution in [1.82, 2.24) is 0 Å². The lowest BCUT2D eigenvalue weighted by atomic mass is 9.76. The molecule has 0 bridgehead atoms. The van der Waals surface area contributed by atoms with Crippen LogP contribution in [0.3, 0.4) is 0 Å². The molecule has 1 unspecified atom stereocenters. The Bertz CT molecular complexity index is 3480. The monoisotopic (exact) mass is 1030 g/mol. The molecule has 2 aliphatic carbocycles. The van der Waals surface area contributed by atoms with E-state index in [1.54, 1.807) is 6.07 Å². The van der Waals surface area contributed by atoms with Gasteiger partial charge in [-0.25, -0.2) is 0 Å². The second-order valence-electron chi connectivity index (χ2n) is 22.3. The van der Waals surface area contributed by atoms with Crippen molar-refractivity contribution in [2.75, 3.05) is 36.5 Å². The second-order valence-corrected chi connectivity index (χ2v) is 22.3. The highest BCUT2D eigenvalue weighted by atomic mass is 19.4. The molecule has 12 rings (SSSR count). The second kappa shape index (κ2) is 20.5. The first-order chi connectivity index (χ1) is 37.4. The molecule has 2 aliphatic heterocycles. The summed E-state index contributed by atoms with van der Waals surface area (Å²) in [5.41, 5.74) is 11.9. The third-order valence-corrected chi connectivity index (χ3v) is 17.2. The van der Waals surface area contributed by atoms with Crippen LogP contribution in [0.1, 0.15) is 127 Å². The van der Waals surface area contributed by atoms with Crippen molar-refractivity contribution in [3.05, 3.63) is 214 Å². The van der Waals surface area contributed by atoms with E-state index < -0.39 is 22.8 Å². The molecule has 77 heavy (non-hydrogen) atoms. The summed E-state index contributed by atoms with van der Waals surface area (Å²) in [6, 6.07) is 53.4. The number of benzene rings is 8. The van der Waals surface area contributed by atoms with Crippen LogP contribution < -0.4 is 15.0 Å². The summed E-state index contributed by atoms with van der Waals surface area (Å²) in [4.78, 5) is 15.9. The van der Waals surface area contributed by atoms with Crippen LogP contribution in [0.5, 0.6) is 5.75 Å². The number of nitrogens with zero attached hydrogens (tertiary/aromatic N) is 1. The summed E-state index contributed by atoms with van der Waals surface area (Å²) in [6.45, 7) is 9.58. The van der Waals surface area contributed by atoms with Crippen molar-refractivity contribution in [1.29, 1.82) is 0 Å². The van der Waals surface area contributed by atoms with Crippen LogP contribution in [-0.4, -0.2) is 32.2 Å². The molecule has 8 heteroatoms. The standard InChI is InChI=1S/C69H65F3N2O3/c1-4-5-7-10-45-13-15-46(16-14-45)47-17-19-48(20-18-47)49-21-23-51(24-22-49)66(75)73-56-31-25-50(26-32-56)52-27-36-62-61(43-52)63-58-35-30-55(69(70,71)72)44-60(58)65-59(64(63)67(62,2)3)37-38-68(77-65,53-11-8-6-9-12-53)54-28-33-57(34-29-54)74-39-41-76-42-40-74/h6,8-9,11-12,17-38,43-46H,4-5,7,10,13-16,39-42H2,1-3H3,(H,73,75). The molecule has 0 radical (unpaired) electrons. The smallest absolute Gasteiger partial charge is 0.416 e. The highest BCUT2D eigenvalue weighted by molar-refractivity contribution is 6.09. The van der Waals surface area contributed by atoms with Crippen LogP contribution in [0.4, 0.5) is 24.5 Å². The maximum atomic E-state index is 14.8. The Morgan fingerprint density at radius 2 is 1.34 bits per heavy atom. The lowest BCUT2D eigenvalue weighted by molar-refractivity contribution is -0.137. The van der Waals surface area contributed by atoms with Gasteiger partial charge in [-0.05, 0) is 154 Å². The number of anilines is 2. The maximum absolute atomic E-state index is 14.8. The van der Waals surface area contributed by atoms with Crippen molar-refractivity contribution >= 4 is 34.1 Å². The lowest BCUT2D eigenvalue weighted by Gasteiger charge is -2.39. The van der Waals surface area contributed by atoms with Gasteiger partial charge in [0.25, 0.3) is 5.91 Å². The van der Waals surface area contributed by atoms with E-state index in [1.807, 2.05) is 78.9 Å². The molecular weight excluding hydrogens is 962 g/mol. The van der Waals surface area contributed by atoms with Gasteiger partial charge < -0.3 is 19.7 Å². The van der Waals surface area contributed by atoms with E-state index in [2.05, 4.69) is 110 Å². The van der Waals surface area contributed by atoms with E-state index in [4.69, 9.17) is 9.47 Å². The minimum atomic E-state index is -4.57. The highest BCUT2D eigenvalue weighted by Crippen LogP contribution is 2.59. The Hall–Kier alpha value is -7.42. The topological polar surface area (TPSA) is 50.8 Å². The Morgan fingerprint density at radius 3 is 2.03 bits per heavy atom. The summed E-state index contributed by atoms with van der Waals surface area (Å²) >= 11 is 0. The summed E-state index contributed by atoms with van der Waals surface area (Å²) in [7, 11) is 0. The molecule has 0 spiro atoms. The van der Waals surface area contributed by atoms with E-state index in [-0.39, 0.29) is 5.91 Å². The van der Waals surface area contributed by atoms with E-state index in [9.17, 15) is 18.0 Å². The normalized spacial score (nSPS) is 19.5. The quantitative estimate of drug-likeness (QED) is 0.124. The van der Waals surface area contributed by atoms with Gasteiger partial charge in [0.2, 0.25) is 0 Å². The van der Waals surface area contributed by atoms with Gasteiger partial charge in [-0.3, -0.25) is 4.79 Å². The number of hydrogen-bond donors (Lipinski definition) is 1. The van der Waals surface area contributed by atoms with Crippen LogP contribution >= 0.6 is 0 Å². The van der Waals surface area contributed by atoms with Crippen LogP contribution in [0, 0.1) is 5.92 Å². The largest absolute Gasteiger partial charge is 0.472 e. The number of ether oxygens (including phenoxy) is 2. The van der Waals surface area contributed by atoms with Gasteiger partial charge in [-0.2, -0.15) is 13.2 Å². The van der Waals surface area contributed by atoms with Crippen LogP contribution in [0.2, 0.25) is 0 Å². The van der Waals surface area contributed by atoms with Gasteiger partial charge in [-0.1, -0.05) is 162 Å². The van der Waals surface area contributed by atoms with Gasteiger partial charge in [0.1, 0.15) is 5.75 Å². The molecule has 390 valence electrons. The number of carbonyl (C=O) groups is 1. The fourth-order valence-electron chi connectivity index (χ4n) is 12.9. The average Bonchev–Trinajstić information content (AvgIpc) is 4.00. The molecule has 1 amide bonds. The summed E-state index contributed by atoms with van der Waals surface area (Å²) in [5, 5.41) is 4.18. The third-order valence-electron chi connectivity index (χ3n) is 17.2. The zero-order valence-corrected chi connectivity index (χ0v) is 44.2. The molecule has 1 saturated carbocycles. The van der Waals surface area contributed by atoms with Gasteiger partial charge >= 0.3 is 6.18 Å². The van der Waals surface area contributed by atoms with Crippen LogP contribution in [0.15, 0.2) is 170 Å². The Balaban J connectivity index is 0.811. The Kier molecular flexibility index (Phi) is 13.4. The first kappa shape index (κ1) is 50.4. The summed E-state index contributed by atoms with van der Waals surface area (Å²) in [6.07, 6.45) is 10.2. The molecule has 1 atom stereocenters. The molecule has 2 fully saturated rings. The molecule has 8 aromatic carbocycles. The number of fused-ring (bicyclic) bond motifs is 8. The lowest BCUT2D eigenvalue weighted by Crippen LogP contribution is -2.37. The van der Waals surface area contributed by atoms with Gasteiger partial charge in [0.05, 0.1) is 18.8 Å². The Morgan fingerprint density at radius 1 is 0.688 bits per heavy atom. The Labute approximate surface area is 450 Å². The molecule has 1 N–H and O–H groups in total. The fraction of sp³-hybridized carbons (Fsp3) is 0.290. The number of alkyl halides is 3. The van der Waals surface area contributed by atoms with Crippen molar-refractivity contribution in [2.24, 2.45) is 5.92 Å². The number of amides is 1. The van der Waals surface area contributed by atoms with Crippen molar-refractivity contribution < 1.29 is 27.4 Å². The van der Waals surface area contributed by atoms with E-state index in [1.165, 1.54) is 69.1 Å². The number of hydrogen-bond acceptors (Lipinski definition) is 4. The fourth-order valence-corrected chi connectivity index (χ4v) is 12.9. The number of carbonyl (C=O) groups excluding carboxylic acids is 1. The number of halogens is 3. The minimum Gasteiger partial charge on any atom is -0.472 e. The predicted octanol–water partition coefficient (Wildman–Crippen LogP) is 17.8. The van der Waals surface area contributed by atoms with Crippen molar-refractivity contribution in [3.8, 4) is 39.1 Å². The minimum absolute atomic E-state index is 0.189. The molecule has 4 aliphatic rings. The predicted molar refractivity (Wildman–Crippen MR) is 307 cm³/mol. The molecule has 8 aromatic rings. The first-order valence-corrected chi connectivity index (χ1v) is 27.7. The van der Waals surface area contributed by atoms with Crippen LogP contribution in [-0.2, 0) is 21.9 Å². The summed E-state index contributed by atoms with van der Waals surface area (Å²) in [5.74, 6) is 1.78. The van der Waals surface area contributed by atoms with Gasteiger partial charge in [0.15, 0.2) is 5.60 Å². The SMILES string of the molecule is CCCCCC1CCC(c2ccc(-c3ccc(C(=O)Nc4ccc(-c5ccc6c(c5)-c5c(c7c(c8cc(C(F)(F)F)ccc58)OC(c5ccccc5)(c5ccc(N8CCOCC8)cc5)C=C7)C6(C)C)cc4)cc3)cc2)CC1. The molecule has 2 heterocycles. The van der Waals surface area contributed by atoms with Crippen molar-refractivity contribution in [3.63, 3.8) is 0 Å². The summed E-state index contributed by atoms with van der Waals surface area (Å²) < 4.78 is 57.3. The molecule has 0 aromatic heterocycles. The number of morpholine rings is 1. The van der Waals surface area contributed by atoms with E-state index >= 15 is 0 Å². The molecular formula is C69H65F3N2O3. The van der Waals surface area contributed by atoms with Crippen LogP contribution in [0.25, 0.3) is 50.2 Å².